The van der Waals surface area contributed by atoms with E-state index in [-0.39, 0.29) is 6.04 Å². The van der Waals surface area contributed by atoms with Crippen LogP contribution in [0.15, 0.2) is 279 Å². The molecule has 1 aliphatic rings. The van der Waals surface area contributed by atoms with Crippen LogP contribution < -0.4 is 19.6 Å². The number of hydrogen-bond donors (Lipinski definition) is 0. The molecule has 0 aliphatic heterocycles. The van der Waals surface area contributed by atoms with Gasteiger partial charge in [0.2, 0.25) is 0 Å². The van der Waals surface area contributed by atoms with Gasteiger partial charge in [-0.3, -0.25) is 0 Å². The van der Waals surface area contributed by atoms with Crippen LogP contribution in [0.1, 0.15) is 6.42 Å². The van der Waals surface area contributed by atoms with Gasteiger partial charge in [0.25, 0.3) is 0 Å². The number of anilines is 10. The molecule has 4 nitrogen and oxygen atoms in total. The van der Waals surface area contributed by atoms with E-state index in [1.165, 1.54) is 11.1 Å². The zero-order chi connectivity index (χ0) is 42.9. The topological polar surface area (TPSA) is 13.0 Å². The maximum atomic E-state index is 2.47. The molecule has 1 atom stereocenters. The number of hydrogen-bond acceptors (Lipinski definition) is 4. The lowest BCUT2D eigenvalue weighted by molar-refractivity contribution is 0.777. The summed E-state index contributed by atoms with van der Waals surface area (Å²) in [5, 5.41) is 0. The van der Waals surface area contributed by atoms with Gasteiger partial charge >= 0.3 is 0 Å². The lowest BCUT2D eigenvalue weighted by atomic mass is 10.0. The third-order valence-electron chi connectivity index (χ3n) is 11.7. The van der Waals surface area contributed by atoms with E-state index in [9.17, 15) is 0 Å². The fraction of sp³-hybridized carbons (Fsp3) is 0.0333. The largest absolute Gasteiger partial charge is 0.334 e. The lowest BCUT2D eigenvalue weighted by Crippen LogP contribution is -2.31. The smallest absolute Gasteiger partial charge is 0.0561 e. The first-order chi connectivity index (χ1) is 31.8. The van der Waals surface area contributed by atoms with Gasteiger partial charge in [0, 0.05) is 62.6 Å². The average molecular weight is 825 g/mol. The van der Waals surface area contributed by atoms with Crippen molar-refractivity contribution in [3.05, 3.63) is 279 Å². The Kier molecular flexibility index (Phi) is 11.6. The molecule has 0 saturated carbocycles. The van der Waals surface area contributed by atoms with Gasteiger partial charge in [-0.1, -0.05) is 146 Å². The second-order valence-electron chi connectivity index (χ2n) is 15.8. The van der Waals surface area contributed by atoms with Crippen LogP contribution in [-0.2, 0) is 0 Å². The fourth-order valence-electron chi connectivity index (χ4n) is 8.67. The predicted octanol–water partition coefficient (Wildman–Crippen LogP) is 16.5. The highest BCUT2D eigenvalue weighted by molar-refractivity contribution is 5.81. The van der Waals surface area contributed by atoms with Gasteiger partial charge in [0.1, 0.15) is 0 Å². The fourth-order valence-corrected chi connectivity index (χ4v) is 8.67. The molecule has 1 aliphatic carbocycles. The molecule has 0 spiro atoms. The highest BCUT2D eigenvalue weighted by Gasteiger charge is 2.24. The molecular weight excluding hydrogens is 777 g/mol. The van der Waals surface area contributed by atoms with Crippen LogP contribution in [0.2, 0.25) is 0 Å². The van der Waals surface area contributed by atoms with Crippen LogP contribution in [-0.4, -0.2) is 6.04 Å². The molecule has 0 N–H and O–H groups in total. The molecule has 0 bridgehead atoms. The number of para-hydroxylation sites is 5. The van der Waals surface area contributed by atoms with E-state index in [1.807, 2.05) is 0 Å². The summed E-state index contributed by atoms with van der Waals surface area (Å²) in [6.07, 6.45) is 7.86. The van der Waals surface area contributed by atoms with Crippen LogP contribution in [0.3, 0.4) is 0 Å². The van der Waals surface area contributed by atoms with Crippen molar-refractivity contribution in [3.8, 4) is 11.1 Å². The zero-order valence-corrected chi connectivity index (χ0v) is 35.6. The quantitative estimate of drug-likeness (QED) is 0.115. The third-order valence-corrected chi connectivity index (χ3v) is 11.7. The van der Waals surface area contributed by atoms with Crippen molar-refractivity contribution in [2.75, 3.05) is 19.6 Å². The van der Waals surface area contributed by atoms with Crippen molar-refractivity contribution >= 4 is 56.9 Å². The maximum Gasteiger partial charge on any atom is 0.0561 e. The molecule has 0 saturated heterocycles. The van der Waals surface area contributed by atoms with E-state index >= 15 is 0 Å². The van der Waals surface area contributed by atoms with Crippen molar-refractivity contribution in [3.63, 3.8) is 0 Å². The Morgan fingerprint density at radius 1 is 0.266 bits per heavy atom. The number of nitrogens with zero attached hydrogens (tertiary/aromatic N) is 4. The summed E-state index contributed by atoms with van der Waals surface area (Å²) in [5.74, 6) is 0. The minimum absolute atomic E-state index is 0.0711. The first kappa shape index (κ1) is 39.8. The SMILES string of the molecule is C1=CC(N(c2ccc(-c3ccccc3)cc2)c2ccc(N(c3ccccc3)c3ccccc3)cc2)CC=C1N(c1ccccc1)c1ccc(N(c2ccccc2)c2ccccc2)cc1. The zero-order valence-electron chi connectivity index (χ0n) is 35.6. The second-order valence-corrected chi connectivity index (χ2v) is 15.8. The highest BCUT2D eigenvalue weighted by atomic mass is 15.2. The van der Waals surface area contributed by atoms with E-state index in [0.29, 0.717) is 0 Å². The molecule has 4 heteroatoms. The van der Waals surface area contributed by atoms with Gasteiger partial charge in [0.15, 0.2) is 0 Å². The Balaban J connectivity index is 0.985. The predicted molar refractivity (Wildman–Crippen MR) is 270 cm³/mol. The van der Waals surface area contributed by atoms with E-state index in [0.717, 1.165) is 69.0 Å². The maximum absolute atomic E-state index is 2.47. The van der Waals surface area contributed by atoms with Crippen LogP contribution >= 0.6 is 0 Å². The molecule has 0 aromatic heterocycles. The Bertz CT molecular complexity index is 2840. The van der Waals surface area contributed by atoms with Crippen LogP contribution in [0.4, 0.5) is 56.9 Å². The first-order valence-corrected chi connectivity index (χ1v) is 22.0. The molecule has 10 rings (SSSR count). The highest BCUT2D eigenvalue weighted by Crippen LogP contribution is 2.41. The molecule has 9 aromatic rings. The van der Waals surface area contributed by atoms with Crippen molar-refractivity contribution in [2.24, 2.45) is 0 Å². The lowest BCUT2D eigenvalue weighted by Gasteiger charge is -2.35. The normalized spacial score (nSPS) is 13.1. The molecule has 0 heterocycles. The molecule has 0 radical (unpaired) electrons. The van der Waals surface area contributed by atoms with Gasteiger partial charge in [-0.05, 0) is 145 Å². The van der Waals surface area contributed by atoms with Crippen molar-refractivity contribution < 1.29 is 0 Å². The summed E-state index contributed by atoms with van der Waals surface area (Å²) >= 11 is 0. The number of rotatable bonds is 13. The van der Waals surface area contributed by atoms with Crippen LogP contribution in [0.5, 0.6) is 0 Å². The monoisotopic (exact) mass is 824 g/mol. The summed E-state index contributed by atoms with van der Waals surface area (Å²) in [7, 11) is 0. The third kappa shape index (κ3) is 8.58. The van der Waals surface area contributed by atoms with Gasteiger partial charge in [-0.25, -0.2) is 0 Å². The number of allylic oxidation sites excluding steroid dienone is 1. The van der Waals surface area contributed by atoms with Crippen molar-refractivity contribution in [1.29, 1.82) is 0 Å². The molecular formula is C60H48N4. The summed E-state index contributed by atoms with van der Waals surface area (Å²) in [5.41, 5.74) is 14.7. The minimum atomic E-state index is 0.0711. The van der Waals surface area contributed by atoms with Crippen molar-refractivity contribution in [2.45, 2.75) is 12.5 Å². The van der Waals surface area contributed by atoms with Crippen LogP contribution in [0.25, 0.3) is 11.1 Å². The van der Waals surface area contributed by atoms with Crippen molar-refractivity contribution in [1.82, 2.24) is 0 Å². The van der Waals surface area contributed by atoms with E-state index < -0.39 is 0 Å². The molecule has 64 heavy (non-hydrogen) atoms. The van der Waals surface area contributed by atoms with Gasteiger partial charge < -0.3 is 19.6 Å². The number of benzene rings is 9. The second kappa shape index (κ2) is 18.7. The standard InChI is InChI=1S/C60H48N4/c1-7-19-47(20-8-1)48-31-33-54(34-32-48)64(59-43-37-56(38-44-59)62(51-25-13-4-14-26-51)52-27-15-5-16-28-52)60-45-41-58(42-46-60)63(53-29-17-6-18-30-53)57-39-35-55(36-40-57)61(49-21-9-2-10-22-49)50-23-11-3-12-24-50/h1-45,60H,46H2. The van der Waals surface area contributed by atoms with Gasteiger partial charge in [-0.15, -0.1) is 0 Å². The minimum Gasteiger partial charge on any atom is -0.334 e. The Morgan fingerprint density at radius 3 is 0.906 bits per heavy atom. The average Bonchev–Trinajstić information content (AvgIpc) is 3.38. The van der Waals surface area contributed by atoms with E-state index in [2.05, 4.69) is 293 Å². The molecule has 1 unspecified atom stereocenters. The first-order valence-electron chi connectivity index (χ1n) is 22.0. The summed E-state index contributed by atoms with van der Waals surface area (Å²) < 4.78 is 0. The van der Waals surface area contributed by atoms with Crippen LogP contribution in [0, 0.1) is 0 Å². The van der Waals surface area contributed by atoms with E-state index in [4.69, 9.17) is 0 Å². The summed E-state index contributed by atoms with van der Waals surface area (Å²) in [4.78, 5) is 9.45. The van der Waals surface area contributed by atoms with Gasteiger partial charge in [0.05, 0.1) is 6.04 Å². The Labute approximate surface area is 377 Å². The van der Waals surface area contributed by atoms with Gasteiger partial charge in [-0.2, -0.15) is 0 Å². The Morgan fingerprint density at radius 2 is 0.547 bits per heavy atom. The molecule has 0 fully saturated rings. The summed E-state index contributed by atoms with van der Waals surface area (Å²) in [6.45, 7) is 0. The molecule has 9 aromatic carbocycles. The Hall–Kier alpha value is -8.34. The molecule has 0 amide bonds. The summed E-state index contributed by atoms with van der Waals surface area (Å²) in [6, 6.07) is 90.5. The van der Waals surface area contributed by atoms with E-state index in [1.54, 1.807) is 0 Å². The molecule has 308 valence electrons.